The first-order valence-electron chi connectivity index (χ1n) is 4.21. The van der Waals surface area contributed by atoms with Crippen LogP contribution in [0.5, 0.6) is 0 Å². The van der Waals surface area contributed by atoms with Crippen LogP contribution in [0.4, 0.5) is 0 Å². The summed E-state index contributed by atoms with van der Waals surface area (Å²) < 4.78 is 0. The zero-order valence-electron chi connectivity index (χ0n) is 7.67. The van der Waals surface area contributed by atoms with Gasteiger partial charge in [-0.25, -0.2) is 0 Å². The lowest BCUT2D eigenvalue weighted by atomic mass is 10.1. The van der Waals surface area contributed by atoms with E-state index >= 15 is 0 Å². The molecule has 0 rings (SSSR count). The summed E-state index contributed by atoms with van der Waals surface area (Å²) >= 11 is 0. The Bertz CT molecular complexity index is 161. The Labute approximate surface area is 72.8 Å². The number of hydrogen-bond acceptors (Lipinski definition) is 3. The van der Waals surface area contributed by atoms with Crippen molar-refractivity contribution in [2.75, 3.05) is 0 Å². The van der Waals surface area contributed by atoms with Crippen LogP contribution in [0.2, 0.25) is 0 Å². The van der Waals surface area contributed by atoms with Gasteiger partial charge in [-0.3, -0.25) is 9.59 Å². The second-order valence-corrected chi connectivity index (χ2v) is 3.16. The highest BCUT2D eigenvalue weighted by atomic mass is 16.3. The molecule has 0 spiro atoms. The first kappa shape index (κ1) is 11.3. The summed E-state index contributed by atoms with van der Waals surface area (Å²) in [5.41, 5.74) is 0. The second-order valence-electron chi connectivity index (χ2n) is 3.16. The maximum Gasteiger partial charge on any atom is 0.140 e. The third-order valence-electron chi connectivity index (χ3n) is 1.52. The molecule has 0 aromatic rings. The quantitative estimate of drug-likeness (QED) is 0.610. The van der Waals surface area contributed by atoms with Crippen molar-refractivity contribution < 1.29 is 14.7 Å². The van der Waals surface area contributed by atoms with Crippen LogP contribution in [0.1, 0.15) is 39.5 Å². The van der Waals surface area contributed by atoms with Gasteiger partial charge in [-0.2, -0.15) is 0 Å². The highest BCUT2D eigenvalue weighted by Crippen LogP contribution is 2.02. The van der Waals surface area contributed by atoms with Crippen LogP contribution in [0.3, 0.4) is 0 Å². The van der Waals surface area contributed by atoms with E-state index in [-0.39, 0.29) is 24.1 Å². The van der Waals surface area contributed by atoms with E-state index in [1.807, 2.05) is 0 Å². The van der Waals surface area contributed by atoms with Crippen molar-refractivity contribution in [1.29, 1.82) is 0 Å². The van der Waals surface area contributed by atoms with Gasteiger partial charge in [0.15, 0.2) is 0 Å². The van der Waals surface area contributed by atoms with Crippen LogP contribution < -0.4 is 0 Å². The van der Waals surface area contributed by atoms with Crippen LogP contribution in [-0.2, 0) is 9.59 Å². The van der Waals surface area contributed by atoms with Crippen LogP contribution in [0.25, 0.3) is 0 Å². The predicted molar refractivity (Wildman–Crippen MR) is 45.8 cm³/mol. The number of carbonyl (C=O) groups excluding carboxylic acids is 2. The number of rotatable bonds is 6. The molecule has 0 amide bonds. The Morgan fingerprint density at radius 3 is 2.42 bits per heavy atom. The van der Waals surface area contributed by atoms with Gasteiger partial charge in [-0.05, 0) is 26.7 Å². The Morgan fingerprint density at radius 2 is 2.00 bits per heavy atom. The molecule has 12 heavy (non-hydrogen) atoms. The summed E-state index contributed by atoms with van der Waals surface area (Å²) in [5, 5.41) is 8.87. The highest BCUT2D eigenvalue weighted by molar-refractivity contribution is 5.97. The van der Waals surface area contributed by atoms with E-state index in [2.05, 4.69) is 0 Å². The number of carbonyl (C=O) groups is 2. The molecule has 3 nitrogen and oxygen atoms in total. The van der Waals surface area contributed by atoms with E-state index in [1.54, 1.807) is 6.92 Å². The molecule has 0 saturated carbocycles. The normalized spacial score (nSPS) is 12.6. The molecular weight excluding hydrogens is 156 g/mol. The van der Waals surface area contributed by atoms with E-state index in [0.717, 1.165) is 0 Å². The van der Waals surface area contributed by atoms with Crippen molar-refractivity contribution >= 4 is 11.6 Å². The van der Waals surface area contributed by atoms with Crippen LogP contribution in [-0.4, -0.2) is 22.8 Å². The molecule has 0 aromatic heterocycles. The van der Waals surface area contributed by atoms with Crippen molar-refractivity contribution in [3.05, 3.63) is 0 Å². The fourth-order valence-electron chi connectivity index (χ4n) is 0.961. The molecule has 1 unspecified atom stereocenters. The zero-order chi connectivity index (χ0) is 9.56. The van der Waals surface area contributed by atoms with E-state index < -0.39 is 0 Å². The average Bonchev–Trinajstić information content (AvgIpc) is 1.84. The average molecular weight is 172 g/mol. The van der Waals surface area contributed by atoms with Crippen molar-refractivity contribution in [1.82, 2.24) is 0 Å². The van der Waals surface area contributed by atoms with Crippen LogP contribution in [0.15, 0.2) is 0 Å². The molecule has 1 N–H and O–H groups in total. The molecule has 1 atom stereocenters. The largest absolute Gasteiger partial charge is 0.393 e. The summed E-state index contributed by atoms with van der Waals surface area (Å²) in [4.78, 5) is 21.4. The third kappa shape index (κ3) is 7.41. The van der Waals surface area contributed by atoms with Gasteiger partial charge in [0.2, 0.25) is 0 Å². The third-order valence-corrected chi connectivity index (χ3v) is 1.52. The molecular formula is C9H16O3. The van der Waals surface area contributed by atoms with Gasteiger partial charge in [0.1, 0.15) is 11.6 Å². The zero-order valence-corrected chi connectivity index (χ0v) is 7.67. The molecule has 0 aliphatic carbocycles. The minimum Gasteiger partial charge on any atom is -0.393 e. The van der Waals surface area contributed by atoms with Crippen molar-refractivity contribution in [3.63, 3.8) is 0 Å². The lowest BCUT2D eigenvalue weighted by Gasteiger charge is -2.01. The molecule has 0 aliphatic rings. The number of aliphatic hydroxyl groups is 1. The number of Topliss-reactive ketones (excluding diaryl/α,β-unsaturated/α-hetero) is 2. The van der Waals surface area contributed by atoms with E-state index in [9.17, 15) is 9.59 Å². The Hall–Kier alpha value is -0.700. The van der Waals surface area contributed by atoms with Gasteiger partial charge in [0.25, 0.3) is 0 Å². The van der Waals surface area contributed by atoms with Gasteiger partial charge in [0.05, 0.1) is 12.5 Å². The van der Waals surface area contributed by atoms with Crippen molar-refractivity contribution in [3.8, 4) is 0 Å². The topological polar surface area (TPSA) is 54.4 Å². The highest BCUT2D eigenvalue weighted by Gasteiger charge is 2.05. The number of aliphatic hydroxyl groups excluding tert-OH is 1. The minimum atomic E-state index is -0.352. The molecule has 0 radical (unpaired) electrons. The van der Waals surface area contributed by atoms with E-state index in [0.29, 0.717) is 19.3 Å². The SMILES string of the molecule is CC(=O)CC(=O)CCCC(C)O. The Morgan fingerprint density at radius 1 is 1.42 bits per heavy atom. The van der Waals surface area contributed by atoms with Crippen LogP contribution >= 0.6 is 0 Å². The summed E-state index contributed by atoms with van der Waals surface area (Å²) in [7, 11) is 0. The van der Waals surface area contributed by atoms with Gasteiger partial charge >= 0.3 is 0 Å². The fraction of sp³-hybridized carbons (Fsp3) is 0.778. The van der Waals surface area contributed by atoms with E-state index in [1.165, 1.54) is 6.92 Å². The summed E-state index contributed by atoms with van der Waals surface area (Å²) in [6.07, 6.45) is 1.40. The first-order valence-corrected chi connectivity index (χ1v) is 4.21. The summed E-state index contributed by atoms with van der Waals surface area (Å²) in [6.45, 7) is 3.10. The van der Waals surface area contributed by atoms with Crippen molar-refractivity contribution in [2.45, 2.75) is 45.6 Å². The van der Waals surface area contributed by atoms with Crippen molar-refractivity contribution in [2.24, 2.45) is 0 Å². The number of hydrogen-bond donors (Lipinski definition) is 1. The van der Waals surface area contributed by atoms with Gasteiger partial charge in [-0.1, -0.05) is 0 Å². The smallest absolute Gasteiger partial charge is 0.140 e. The standard InChI is InChI=1S/C9H16O3/c1-7(10)4-3-5-9(12)6-8(2)11/h7,10H,3-6H2,1-2H3. The fourth-order valence-corrected chi connectivity index (χ4v) is 0.961. The monoisotopic (exact) mass is 172 g/mol. The predicted octanol–water partition coefficient (Wildman–Crippen LogP) is 1.09. The van der Waals surface area contributed by atoms with Crippen LogP contribution in [0, 0.1) is 0 Å². The summed E-state index contributed by atoms with van der Waals surface area (Å²) in [5.74, 6) is -0.111. The Balaban J connectivity index is 3.38. The molecule has 0 heterocycles. The molecule has 0 aromatic carbocycles. The summed E-state index contributed by atoms with van der Waals surface area (Å²) in [6, 6.07) is 0. The maximum absolute atomic E-state index is 10.9. The Kier molecular flexibility index (Phi) is 5.54. The molecule has 0 aliphatic heterocycles. The lowest BCUT2D eigenvalue weighted by molar-refractivity contribution is -0.125. The first-order chi connectivity index (χ1) is 5.52. The van der Waals surface area contributed by atoms with Gasteiger partial charge in [0, 0.05) is 6.42 Å². The molecule has 70 valence electrons. The van der Waals surface area contributed by atoms with Gasteiger partial charge < -0.3 is 5.11 Å². The second kappa shape index (κ2) is 5.89. The maximum atomic E-state index is 10.9. The molecule has 0 fully saturated rings. The van der Waals surface area contributed by atoms with Gasteiger partial charge in [-0.15, -0.1) is 0 Å². The molecule has 0 saturated heterocycles. The molecule has 3 heteroatoms. The minimum absolute atomic E-state index is 0.0249. The number of ketones is 2. The molecule has 0 bridgehead atoms. The lowest BCUT2D eigenvalue weighted by Crippen LogP contribution is -2.06. The van der Waals surface area contributed by atoms with E-state index in [4.69, 9.17) is 5.11 Å².